The van der Waals surface area contributed by atoms with Gasteiger partial charge in [-0.05, 0) is 98.2 Å². The van der Waals surface area contributed by atoms with Crippen LogP contribution in [-0.2, 0) is 16.6 Å². The topological polar surface area (TPSA) is 76.7 Å². The number of halogens is 1. The maximum absolute atomic E-state index is 13.2. The summed E-state index contributed by atoms with van der Waals surface area (Å²) >= 11 is 2.69. The Labute approximate surface area is 315 Å². The molecule has 51 heavy (non-hydrogen) atoms. The molecule has 0 bridgehead atoms. The van der Waals surface area contributed by atoms with Crippen molar-refractivity contribution in [3.05, 3.63) is 156 Å². The van der Waals surface area contributed by atoms with Crippen LogP contribution < -0.4 is 31.3 Å². The van der Waals surface area contributed by atoms with Crippen molar-refractivity contribution in [3.63, 3.8) is 0 Å². The lowest BCUT2D eigenvalue weighted by Gasteiger charge is -2.40. The van der Waals surface area contributed by atoms with Crippen LogP contribution in [0.25, 0.3) is 0 Å². The van der Waals surface area contributed by atoms with E-state index >= 15 is 0 Å². The van der Waals surface area contributed by atoms with Gasteiger partial charge in [-0.15, -0.1) is 0 Å². The van der Waals surface area contributed by atoms with Crippen LogP contribution in [-0.4, -0.2) is 38.3 Å². The summed E-state index contributed by atoms with van der Waals surface area (Å²) in [5, 5.41) is 10.2. The van der Waals surface area contributed by atoms with Gasteiger partial charge < -0.3 is 20.1 Å². The molecule has 0 unspecified atom stereocenters. The first-order valence-electron chi connectivity index (χ1n) is 17.6. The average Bonchev–Trinajstić information content (AvgIpc) is 3.20. The van der Waals surface area contributed by atoms with Crippen LogP contribution in [0.15, 0.2) is 140 Å². The largest absolute Gasteiger partial charge is 0.496 e. The maximum Gasteiger partial charge on any atom is 0.407 e. The Hall–Kier alpha value is -4.20. The Morgan fingerprint density at radius 1 is 0.725 bits per heavy atom. The number of carbonyl (C=O) groups excluding carboxylic acids is 2. The van der Waals surface area contributed by atoms with Gasteiger partial charge in [0.15, 0.2) is 26.9 Å². The fourth-order valence-electron chi connectivity index (χ4n) is 7.06. The highest BCUT2D eigenvalue weighted by atomic mass is 127. The van der Waals surface area contributed by atoms with E-state index in [0.717, 1.165) is 38.5 Å². The van der Waals surface area contributed by atoms with Crippen LogP contribution in [0.4, 0.5) is 4.79 Å². The van der Waals surface area contributed by atoms with Gasteiger partial charge in [0.2, 0.25) is 0 Å². The van der Waals surface area contributed by atoms with Crippen LogP contribution >= 0.6 is 26.9 Å². The minimum atomic E-state index is -1.79. The third-order valence-corrected chi connectivity index (χ3v) is 18.0. The van der Waals surface area contributed by atoms with E-state index in [1.807, 2.05) is 30.3 Å². The predicted octanol–water partition coefficient (Wildman–Crippen LogP) is 8.31. The minimum absolute atomic E-state index is 0.157. The van der Waals surface area contributed by atoms with Crippen LogP contribution in [0.3, 0.4) is 0 Å². The Balaban J connectivity index is 0.989. The first-order valence-corrected chi connectivity index (χ1v) is 22.2. The van der Waals surface area contributed by atoms with E-state index in [4.69, 9.17) is 9.47 Å². The molecule has 0 saturated heterocycles. The molecule has 2 amide bonds. The van der Waals surface area contributed by atoms with Crippen molar-refractivity contribution in [2.24, 2.45) is 0 Å². The Morgan fingerprint density at radius 3 is 1.88 bits per heavy atom. The second-order valence-corrected chi connectivity index (χ2v) is 20.2. The summed E-state index contributed by atoms with van der Waals surface area (Å²) < 4.78 is 11.3. The van der Waals surface area contributed by atoms with Gasteiger partial charge in [-0.1, -0.05) is 91.0 Å². The van der Waals surface area contributed by atoms with E-state index in [9.17, 15) is 9.59 Å². The summed E-state index contributed by atoms with van der Waals surface area (Å²) in [7, 11) is 1.57. The minimum Gasteiger partial charge on any atom is -0.496 e. The molecule has 1 aliphatic rings. The molecule has 6 rings (SSSR count). The molecule has 262 valence electrons. The highest BCUT2D eigenvalue weighted by Crippen LogP contribution is 2.63. The molecular formula is C43H45IN2O4P+. The van der Waals surface area contributed by atoms with E-state index in [1.165, 1.54) is 27.0 Å². The number of nitrogens with one attached hydrogen (secondary N) is 2. The highest BCUT2D eigenvalue weighted by Gasteiger charge is 2.43. The Bertz CT molecular complexity index is 1830. The predicted molar refractivity (Wildman–Crippen MR) is 218 cm³/mol. The summed E-state index contributed by atoms with van der Waals surface area (Å²) in [5.41, 5.74) is 2.71. The molecule has 5 aromatic carbocycles. The lowest BCUT2D eigenvalue weighted by Crippen LogP contribution is -2.45. The zero-order valence-electron chi connectivity index (χ0n) is 29.0. The number of ether oxygens (including phenoxy) is 2. The number of amides is 2. The summed E-state index contributed by atoms with van der Waals surface area (Å²) in [6.45, 7) is 1.04. The zero-order chi connectivity index (χ0) is 35.5. The van der Waals surface area contributed by atoms with E-state index in [-0.39, 0.29) is 23.5 Å². The fourth-order valence-corrected chi connectivity index (χ4v) is 12.6. The highest BCUT2D eigenvalue weighted by molar-refractivity contribution is 14.2. The monoisotopic (exact) mass is 811 g/mol. The van der Waals surface area contributed by atoms with Gasteiger partial charge in [-0.3, -0.25) is 4.79 Å². The molecule has 0 atom stereocenters. The molecule has 0 aromatic heterocycles. The van der Waals surface area contributed by atoms with Crippen molar-refractivity contribution < 1.29 is 19.1 Å². The first-order chi connectivity index (χ1) is 24.9. The Kier molecular flexibility index (Phi) is 12.4. The molecule has 0 radical (unpaired) electrons. The quantitative estimate of drug-likeness (QED) is 0.0713. The summed E-state index contributed by atoms with van der Waals surface area (Å²) in [6.07, 6.45) is 4.22. The van der Waals surface area contributed by atoms with Crippen molar-refractivity contribution in [2.75, 3.05) is 20.2 Å². The van der Waals surface area contributed by atoms with Crippen LogP contribution in [0.1, 0.15) is 53.6 Å². The number of alkyl carbamates (subject to hydrolysis) is 1. The molecule has 8 heteroatoms. The molecule has 1 aliphatic carbocycles. The molecule has 0 spiro atoms. The zero-order valence-corrected chi connectivity index (χ0v) is 32.0. The first kappa shape index (κ1) is 36.6. The number of para-hydroxylation sites is 1. The smallest absolute Gasteiger partial charge is 0.407 e. The summed E-state index contributed by atoms with van der Waals surface area (Å²) in [5.74, 6) is 0.395. The van der Waals surface area contributed by atoms with Crippen LogP contribution in [0, 0.1) is 0 Å². The number of methoxy groups -OCH3 is 1. The molecular weight excluding hydrogens is 766 g/mol. The van der Waals surface area contributed by atoms with Gasteiger partial charge >= 0.3 is 6.09 Å². The van der Waals surface area contributed by atoms with Gasteiger partial charge in [0, 0.05) is 18.5 Å². The Morgan fingerprint density at radius 2 is 1.27 bits per heavy atom. The standard InChI is InChI=1S/C43H44IN2O4P/c1-49-40-22-12-11-21-39(40)41(47)46-32-43(34-15-5-2-6-16-34)29-27-35(28-30-43)50-42(48)45-31-13-14-33-23-25-38(26-24-33)51(44,36-17-7-3-8-18-36)37-19-9-4-10-20-37/h2-12,15-26,35H,13-14,27-32H2,1H3,(H-,45,46,47,48)/p+1. The molecule has 0 heterocycles. The number of rotatable bonds is 13. The van der Waals surface area contributed by atoms with E-state index < -0.39 is 4.90 Å². The number of carbonyl (C=O) groups is 2. The van der Waals surface area contributed by atoms with E-state index in [2.05, 4.69) is 130 Å². The van der Waals surface area contributed by atoms with Crippen molar-refractivity contribution >= 4 is 54.9 Å². The second kappa shape index (κ2) is 17.3. The van der Waals surface area contributed by atoms with Crippen molar-refractivity contribution in [1.82, 2.24) is 10.6 Å². The number of benzene rings is 5. The molecule has 0 aliphatic heterocycles. The third-order valence-electron chi connectivity index (χ3n) is 9.92. The van der Waals surface area contributed by atoms with Crippen molar-refractivity contribution in [3.8, 4) is 5.75 Å². The van der Waals surface area contributed by atoms with E-state index in [0.29, 0.717) is 24.4 Å². The lowest BCUT2D eigenvalue weighted by atomic mass is 9.68. The van der Waals surface area contributed by atoms with Gasteiger partial charge in [0.1, 0.15) is 27.8 Å². The van der Waals surface area contributed by atoms with E-state index in [1.54, 1.807) is 19.2 Å². The van der Waals surface area contributed by atoms with Crippen LogP contribution in [0.5, 0.6) is 5.75 Å². The molecule has 6 nitrogen and oxygen atoms in total. The van der Waals surface area contributed by atoms with Crippen molar-refractivity contribution in [1.29, 1.82) is 0 Å². The lowest BCUT2D eigenvalue weighted by molar-refractivity contribution is 0.0565. The van der Waals surface area contributed by atoms with Crippen LogP contribution in [0.2, 0.25) is 0 Å². The second-order valence-electron chi connectivity index (χ2n) is 13.1. The molecule has 1 fully saturated rings. The summed E-state index contributed by atoms with van der Waals surface area (Å²) in [4.78, 5) is 24.2. The molecule has 5 aromatic rings. The average molecular weight is 812 g/mol. The maximum atomic E-state index is 13.2. The van der Waals surface area contributed by atoms with Crippen molar-refractivity contribution in [2.45, 2.75) is 50.0 Å². The summed E-state index contributed by atoms with van der Waals surface area (Å²) in [6, 6.07) is 48.2. The number of hydrogen-bond acceptors (Lipinski definition) is 4. The van der Waals surface area contributed by atoms with Gasteiger partial charge in [0.05, 0.1) is 12.7 Å². The molecule has 2 N–H and O–H groups in total. The third kappa shape index (κ3) is 8.82. The SMILES string of the molecule is COc1ccccc1C(=O)NCC1(c2ccccc2)CCC(OC(=O)NCCCc2ccc([P+](I)(c3ccccc3)c3ccccc3)cc2)CC1. The normalized spacial score (nSPS) is 17.3. The van der Waals surface area contributed by atoms with Gasteiger partial charge in [-0.2, -0.15) is 0 Å². The number of hydrogen-bond donors (Lipinski definition) is 2. The fraction of sp³-hybridized carbons (Fsp3) is 0.256. The number of aryl methyl sites for hydroxylation is 1. The van der Waals surface area contributed by atoms with Gasteiger partial charge in [0.25, 0.3) is 5.91 Å². The van der Waals surface area contributed by atoms with Gasteiger partial charge in [-0.25, -0.2) is 4.79 Å². The molecule has 1 saturated carbocycles.